The number of carbonyl (C=O) groups excluding carboxylic acids is 1. The van der Waals surface area contributed by atoms with Gasteiger partial charge >= 0.3 is 0 Å². The third-order valence-electron chi connectivity index (χ3n) is 3.71. The van der Waals surface area contributed by atoms with Crippen molar-refractivity contribution >= 4 is 11.7 Å². The van der Waals surface area contributed by atoms with E-state index < -0.39 is 0 Å². The van der Waals surface area contributed by atoms with Crippen molar-refractivity contribution in [2.45, 2.75) is 32.7 Å². The maximum atomic E-state index is 12.3. The van der Waals surface area contributed by atoms with Crippen LogP contribution in [0.25, 0.3) is 0 Å². The van der Waals surface area contributed by atoms with Crippen LogP contribution in [0.2, 0.25) is 0 Å². The molecule has 2 rings (SSSR count). The largest absolute Gasteiger partial charge is 0.381 e. The molecule has 1 aliphatic heterocycles. The standard InChI is InChI=1S/C15H23N3O2/c1-3-16-14-10-13(4-7-17-14)15(19)18-11(2)12-5-8-20-9-6-12/h4,7,10-12H,3,5-6,8-9H2,1-2H3,(H,16,17)(H,18,19). The summed E-state index contributed by atoms with van der Waals surface area (Å²) in [5.41, 5.74) is 0.648. The molecule has 110 valence electrons. The smallest absolute Gasteiger partial charge is 0.251 e. The lowest BCUT2D eigenvalue weighted by Crippen LogP contribution is -2.40. The fourth-order valence-corrected chi connectivity index (χ4v) is 2.47. The lowest BCUT2D eigenvalue weighted by molar-refractivity contribution is 0.0538. The third kappa shape index (κ3) is 3.93. The van der Waals surface area contributed by atoms with Gasteiger partial charge in [0.15, 0.2) is 0 Å². The van der Waals surface area contributed by atoms with Gasteiger partial charge in [-0.2, -0.15) is 0 Å². The maximum Gasteiger partial charge on any atom is 0.251 e. The second-order valence-corrected chi connectivity index (χ2v) is 5.17. The highest BCUT2D eigenvalue weighted by molar-refractivity contribution is 5.94. The minimum atomic E-state index is -0.0365. The second-order valence-electron chi connectivity index (χ2n) is 5.17. The first-order chi connectivity index (χ1) is 9.70. The highest BCUT2D eigenvalue weighted by Crippen LogP contribution is 2.19. The molecule has 0 aliphatic carbocycles. The third-order valence-corrected chi connectivity index (χ3v) is 3.71. The van der Waals surface area contributed by atoms with E-state index in [0.717, 1.165) is 38.4 Å². The minimum absolute atomic E-state index is 0.0365. The van der Waals surface area contributed by atoms with Crippen LogP contribution in [0.3, 0.4) is 0 Å². The number of nitrogens with one attached hydrogen (secondary N) is 2. The number of rotatable bonds is 5. The summed E-state index contributed by atoms with van der Waals surface area (Å²) in [7, 11) is 0. The molecular formula is C15H23N3O2. The zero-order valence-corrected chi connectivity index (χ0v) is 12.2. The molecule has 1 amide bonds. The highest BCUT2D eigenvalue weighted by atomic mass is 16.5. The van der Waals surface area contributed by atoms with Crippen molar-refractivity contribution in [3.05, 3.63) is 23.9 Å². The number of hydrogen-bond donors (Lipinski definition) is 2. The van der Waals surface area contributed by atoms with E-state index >= 15 is 0 Å². The fourth-order valence-electron chi connectivity index (χ4n) is 2.47. The van der Waals surface area contributed by atoms with Crippen LogP contribution in [-0.2, 0) is 4.74 Å². The number of ether oxygens (including phenoxy) is 1. The predicted octanol–water partition coefficient (Wildman–Crippen LogP) is 2.06. The van der Waals surface area contributed by atoms with E-state index in [-0.39, 0.29) is 11.9 Å². The van der Waals surface area contributed by atoms with Crippen LogP contribution in [0.5, 0.6) is 0 Å². The molecule has 2 N–H and O–H groups in total. The summed E-state index contributed by atoms with van der Waals surface area (Å²) < 4.78 is 5.35. The van der Waals surface area contributed by atoms with Crippen molar-refractivity contribution in [3.63, 3.8) is 0 Å². The molecule has 0 bridgehead atoms. The molecule has 2 heterocycles. The van der Waals surface area contributed by atoms with Crippen LogP contribution < -0.4 is 10.6 Å². The summed E-state index contributed by atoms with van der Waals surface area (Å²) in [5.74, 6) is 1.20. The van der Waals surface area contributed by atoms with Crippen LogP contribution in [0.15, 0.2) is 18.3 Å². The van der Waals surface area contributed by atoms with Gasteiger partial charge in [-0.15, -0.1) is 0 Å². The highest BCUT2D eigenvalue weighted by Gasteiger charge is 2.22. The van der Waals surface area contributed by atoms with Gasteiger partial charge in [0.2, 0.25) is 0 Å². The summed E-state index contributed by atoms with van der Waals surface area (Å²) in [5, 5.41) is 6.20. The number of amides is 1. The Hall–Kier alpha value is -1.62. The monoisotopic (exact) mass is 277 g/mol. The molecule has 1 atom stereocenters. The maximum absolute atomic E-state index is 12.3. The molecule has 1 unspecified atom stereocenters. The van der Waals surface area contributed by atoms with E-state index in [0.29, 0.717) is 11.5 Å². The Morgan fingerprint density at radius 2 is 2.25 bits per heavy atom. The molecule has 20 heavy (non-hydrogen) atoms. The second kappa shape index (κ2) is 7.24. The molecule has 0 aromatic carbocycles. The molecule has 5 heteroatoms. The van der Waals surface area contributed by atoms with Crippen molar-refractivity contribution < 1.29 is 9.53 Å². The average Bonchev–Trinajstić information content (AvgIpc) is 2.48. The van der Waals surface area contributed by atoms with Crippen molar-refractivity contribution in [1.29, 1.82) is 0 Å². The molecule has 1 aromatic heterocycles. The van der Waals surface area contributed by atoms with E-state index in [4.69, 9.17) is 4.74 Å². The van der Waals surface area contributed by atoms with E-state index in [1.54, 1.807) is 18.3 Å². The minimum Gasteiger partial charge on any atom is -0.381 e. The summed E-state index contributed by atoms with van der Waals surface area (Å²) in [6.45, 7) is 6.45. The normalized spacial score (nSPS) is 17.5. The summed E-state index contributed by atoms with van der Waals surface area (Å²) in [4.78, 5) is 16.4. The van der Waals surface area contributed by atoms with Crippen LogP contribution in [-0.4, -0.2) is 36.7 Å². The van der Waals surface area contributed by atoms with Crippen molar-refractivity contribution in [2.75, 3.05) is 25.1 Å². The number of aromatic nitrogens is 1. The van der Waals surface area contributed by atoms with Crippen molar-refractivity contribution in [1.82, 2.24) is 10.3 Å². The Balaban J connectivity index is 1.94. The number of nitrogens with zero attached hydrogens (tertiary/aromatic N) is 1. The molecule has 1 saturated heterocycles. The number of hydrogen-bond acceptors (Lipinski definition) is 4. The average molecular weight is 277 g/mol. The van der Waals surface area contributed by atoms with Gasteiger partial charge in [-0.3, -0.25) is 4.79 Å². The van der Waals surface area contributed by atoms with Crippen LogP contribution >= 0.6 is 0 Å². The number of anilines is 1. The Morgan fingerprint density at radius 1 is 1.50 bits per heavy atom. The zero-order valence-electron chi connectivity index (χ0n) is 12.2. The summed E-state index contributed by atoms with van der Waals surface area (Å²) in [6.07, 6.45) is 3.69. The first-order valence-corrected chi connectivity index (χ1v) is 7.29. The zero-order chi connectivity index (χ0) is 14.4. The lowest BCUT2D eigenvalue weighted by atomic mass is 9.93. The van der Waals surface area contributed by atoms with Gasteiger partial charge in [-0.1, -0.05) is 0 Å². The van der Waals surface area contributed by atoms with Gasteiger partial charge in [0.05, 0.1) is 0 Å². The Bertz CT molecular complexity index is 444. The van der Waals surface area contributed by atoms with E-state index in [2.05, 4.69) is 22.5 Å². The molecule has 1 aliphatic rings. The van der Waals surface area contributed by atoms with E-state index in [1.165, 1.54) is 0 Å². The van der Waals surface area contributed by atoms with Gasteiger partial charge < -0.3 is 15.4 Å². The first-order valence-electron chi connectivity index (χ1n) is 7.29. The topological polar surface area (TPSA) is 63.2 Å². The molecule has 0 saturated carbocycles. The van der Waals surface area contributed by atoms with E-state index in [9.17, 15) is 4.79 Å². The summed E-state index contributed by atoms with van der Waals surface area (Å²) in [6, 6.07) is 3.70. The van der Waals surface area contributed by atoms with Gasteiger partial charge in [0.1, 0.15) is 5.82 Å². The lowest BCUT2D eigenvalue weighted by Gasteiger charge is -2.28. The van der Waals surface area contributed by atoms with Crippen LogP contribution in [0.1, 0.15) is 37.0 Å². The Morgan fingerprint density at radius 3 is 2.95 bits per heavy atom. The molecule has 1 aromatic rings. The van der Waals surface area contributed by atoms with Gasteiger partial charge in [-0.25, -0.2) is 4.98 Å². The van der Waals surface area contributed by atoms with Crippen molar-refractivity contribution in [2.24, 2.45) is 5.92 Å². The van der Waals surface area contributed by atoms with Crippen LogP contribution in [0.4, 0.5) is 5.82 Å². The molecule has 5 nitrogen and oxygen atoms in total. The number of carbonyl (C=O) groups is 1. The van der Waals surface area contributed by atoms with Gasteiger partial charge in [-0.05, 0) is 44.7 Å². The Kier molecular flexibility index (Phi) is 5.35. The molecule has 1 fully saturated rings. The van der Waals surface area contributed by atoms with Crippen molar-refractivity contribution in [3.8, 4) is 0 Å². The quantitative estimate of drug-likeness (QED) is 0.864. The SMILES string of the molecule is CCNc1cc(C(=O)NC(C)C2CCOCC2)ccn1. The molecule has 0 spiro atoms. The number of pyridine rings is 1. The molecular weight excluding hydrogens is 254 g/mol. The first kappa shape index (κ1) is 14.8. The summed E-state index contributed by atoms with van der Waals surface area (Å²) >= 11 is 0. The Labute approximate surface area is 120 Å². The molecule has 0 radical (unpaired) electrons. The van der Waals surface area contributed by atoms with Crippen LogP contribution in [0, 0.1) is 5.92 Å². The fraction of sp³-hybridized carbons (Fsp3) is 0.600. The predicted molar refractivity (Wildman–Crippen MR) is 78.9 cm³/mol. The van der Waals surface area contributed by atoms with Gasteiger partial charge in [0, 0.05) is 37.6 Å². The van der Waals surface area contributed by atoms with E-state index in [1.807, 2.05) is 6.92 Å². The van der Waals surface area contributed by atoms with Gasteiger partial charge in [0.25, 0.3) is 5.91 Å².